The second-order valence-corrected chi connectivity index (χ2v) is 12.3. The Hall–Kier alpha value is -0.403. The van der Waals surface area contributed by atoms with Gasteiger partial charge in [0, 0.05) is 3.57 Å². The highest BCUT2D eigenvalue weighted by Crippen LogP contribution is 2.37. The van der Waals surface area contributed by atoms with Crippen LogP contribution >= 0.6 is 22.6 Å². The van der Waals surface area contributed by atoms with Crippen molar-refractivity contribution >= 4 is 37.2 Å². The van der Waals surface area contributed by atoms with Gasteiger partial charge in [-0.1, -0.05) is 20.8 Å². The summed E-state index contributed by atoms with van der Waals surface area (Å²) in [7, 11) is -0.209. The van der Waals surface area contributed by atoms with Crippen LogP contribution in [-0.2, 0) is 11.0 Å². The van der Waals surface area contributed by atoms with Crippen molar-refractivity contribution in [3.63, 3.8) is 0 Å². The van der Waals surface area contributed by atoms with Crippen molar-refractivity contribution < 1.29 is 14.0 Å². The van der Waals surface area contributed by atoms with Gasteiger partial charge in [0.25, 0.3) is 0 Å². The maximum Gasteiger partial charge on any atom is 0.192 e. The highest BCUT2D eigenvalue weighted by Gasteiger charge is 2.37. The van der Waals surface area contributed by atoms with Crippen molar-refractivity contribution in [2.45, 2.75) is 45.5 Å². The summed E-state index contributed by atoms with van der Waals surface area (Å²) in [6, 6.07) is 3.75. The van der Waals surface area contributed by atoms with Crippen LogP contribution in [0.3, 0.4) is 0 Å². The van der Waals surface area contributed by atoms with Gasteiger partial charge in [-0.05, 0) is 58.4 Å². The van der Waals surface area contributed by atoms with E-state index in [4.69, 9.17) is 9.16 Å². The molecule has 0 saturated carbocycles. The molecule has 1 rings (SSSR count). The van der Waals surface area contributed by atoms with Crippen molar-refractivity contribution in [3.8, 4) is 5.75 Å². The fourth-order valence-corrected chi connectivity index (χ4v) is 3.02. The molecule has 5 heteroatoms. The van der Waals surface area contributed by atoms with Crippen LogP contribution in [0.2, 0.25) is 18.1 Å². The summed E-state index contributed by atoms with van der Waals surface area (Å²) in [6.07, 6.45) is 0.824. The van der Waals surface area contributed by atoms with Crippen molar-refractivity contribution in [2.75, 3.05) is 7.11 Å². The van der Waals surface area contributed by atoms with Gasteiger partial charge in [0.1, 0.15) is 5.75 Å². The quantitative estimate of drug-likeness (QED) is 0.406. The Labute approximate surface area is 136 Å². The van der Waals surface area contributed by atoms with E-state index < -0.39 is 8.32 Å². The third kappa shape index (κ3) is 4.05. The molecule has 1 aromatic carbocycles. The first-order chi connectivity index (χ1) is 9.12. The molecule has 0 N–H and O–H groups in total. The number of benzene rings is 1. The average Bonchev–Trinajstić information content (AvgIpc) is 2.35. The third-order valence-corrected chi connectivity index (χ3v) is 9.40. The molecular formula is C15H23IO3Si. The van der Waals surface area contributed by atoms with E-state index in [1.165, 1.54) is 0 Å². The van der Waals surface area contributed by atoms with Crippen LogP contribution in [-0.4, -0.2) is 21.7 Å². The molecule has 0 amide bonds. The molecule has 0 atom stereocenters. The summed E-state index contributed by atoms with van der Waals surface area (Å²) in [6.45, 7) is 11.6. The van der Waals surface area contributed by atoms with Gasteiger partial charge in [0.05, 0.1) is 19.3 Å². The number of carbonyl (C=O) groups is 1. The van der Waals surface area contributed by atoms with Crippen molar-refractivity contribution in [3.05, 3.63) is 26.8 Å². The first-order valence-corrected chi connectivity index (χ1v) is 10.6. The Bertz CT molecular complexity index is 493. The van der Waals surface area contributed by atoms with E-state index in [9.17, 15) is 4.79 Å². The summed E-state index contributed by atoms with van der Waals surface area (Å²) in [4.78, 5) is 11.1. The lowest BCUT2D eigenvalue weighted by atomic mass is 10.1. The van der Waals surface area contributed by atoms with Gasteiger partial charge in [-0.15, -0.1) is 0 Å². The van der Waals surface area contributed by atoms with Crippen LogP contribution in [0.1, 0.15) is 36.7 Å². The minimum Gasteiger partial charge on any atom is -0.496 e. The molecule has 3 nitrogen and oxygen atoms in total. The molecule has 0 saturated heterocycles. The van der Waals surface area contributed by atoms with E-state index in [0.717, 1.165) is 15.4 Å². The molecule has 0 aliphatic heterocycles. The molecule has 0 aliphatic carbocycles. The Morgan fingerprint density at radius 3 is 2.35 bits per heavy atom. The zero-order chi connectivity index (χ0) is 15.6. The Morgan fingerprint density at radius 1 is 1.30 bits per heavy atom. The number of aldehydes is 1. The van der Waals surface area contributed by atoms with Gasteiger partial charge >= 0.3 is 0 Å². The molecule has 0 radical (unpaired) electrons. The molecule has 0 fully saturated rings. The predicted octanol–water partition coefficient (Wildman–Crippen LogP) is 4.63. The Kier molecular flexibility index (Phi) is 5.80. The lowest BCUT2D eigenvalue weighted by Crippen LogP contribution is -2.40. The highest BCUT2D eigenvalue weighted by molar-refractivity contribution is 14.1. The van der Waals surface area contributed by atoms with Gasteiger partial charge < -0.3 is 9.16 Å². The molecule has 0 unspecified atom stereocenters. The average molecular weight is 406 g/mol. The number of methoxy groups -OCH3 is 1. The van der Waals surface area contributed by atoms with E-state index in [0.29, 0.717) is 17.9 Å². The van der Waals surface area contributed by atoms with Crippen LogP contribution < -0.4 is 4.74 Å². The summed E-state index contributed by atoms with van der Waals surface area (Å²) >= 11 is 2.25. The van der Waals surface area contributed by atoms with E-state index in [1.54, 1.807) is 7.11 Å². The monoisotopic (exact) mass is 406 g/mol. The number of halogens is 1. The third-order valence-electron chi connectivity index (χ3n) is 3.92. The maximum atomic E-state index is 11.1. The molecule has 0 spiro atoms. The van der Waals surface area contributed by atoms with Crippen molar-refractivity contribution in [1.29, 1.82) is 0 Å². The zero-order valence-electron chi connectivity index (χ0n) is 13.0. The molecule has 0 bridgehead atoms. The van der Waals surface area contributed by atoms with Gasteiger partial charge in [-0.25, -0.2) is 0 Å². The molecule has 112 valence electrons. The minimum atomic E-state index is -1.78. The van der Waals surface area contributed by atoms with Gasteiger partial charge in [0.2, 0.25) is 0 Å². The largest absolute Gasteiger partial charge is 0.496 e. The van der Waals surface area contributed by atoms with Crippen LogP contribution in [0.25, 0.3) is 0 Å². The van der Waals surface area contributed by atoms with Crippen LogP contribution in [0, 0.1) is 3.57 Å². The number of hydrogen-bond acceptors (Lipinski definition) is 3. The molecule has 20 heavy (non-hydrogen) atoms. The Balaban J connectivity index is 2.97. The lowest BCUT2D eigenvalue weighted by Gasteiger charge is -2.36. The predicted molar refractivity (Wildman–Crippen MR) is 93.1 cm³/mol. The lowest BCUT2D eigenvalue weighted by molar-refractivity contribution is 0.112. The SMILES string of the molecule is COc1cc(I)c(CO[Si](C)(C)C(C)(C)C)cc1C=O. The van der Waals surface area contributed by atoms with E-state index >= 15 is 0 Å². The van der Waals surface area contributed by atoms with Gasteiger partial charge in [-0.3, -0.25) is 4.79 Å². The van der Waals surface area contributed by atoms with Crippen molar-refractivity contribution in [2.24, 2.45) is 0 Å². The zero-order valence-corrected chi connectivity index (χ0v) is 16.2. The number of carbonyl (C=O) groups excluding carboxylic acids is 1. The van der Waals surface area contributed by atoms with Crippen LogP contribution in [0.4, 0.5) is 0 Å². The van der Waals surface area contributed by atoms with Crippen molar-refractivity contribution in [1.82, 2.24) is 0 Å². The summed E-state index contributed by atoms with van der Waals surface area (Å²) in [5, 5.41) is 0.179. The summed E-state index contributed by atoms with van der Waals surface area (Å²) in [5.74, 6) is 0.612. The molecule has 0 aliphatic rings. The van der Waals surface area contributed by atoms with E-state index in [2.05, 4.69) is 56.5 Å². The second kappa shape index (κ2) is 6.57. The first kappa shape index (κ1) is 17.6. The fraction of sp³-hybridized carbons (Fsp3) is 0.533. The Morgan fingerprint density at radius 2 is 1.90 bits per heavy atom. The molecule has 0 heterocycles. The normalized spacial score (nSPS) is 12.3. The van der Waals surface area contributed by atoms with Gasteiger partial charge in [-0.2, -0.15) is 0 Å². The smallest absolute Gasteiger partial charge is 0.192 e. The summed E-state index contributed by atoms with van der Waals surface area (Å²) < 4.78 is 12.5. The number of ether oxygens (including phenoxy) is 1. The number of hydrogen-bond donors (Lipinski definition) is 0. The highest BCUT2D eigenvalue weighted by atomic mass is 127. The molecule has 0 aromatic heterocycles. The van der Waals surface area contributed by atoms with E-state index in [-0.39, 0.29) is 5.04 Å². The van der Waals surface area contributed by atoms with E-state index in [1.807, 2.05) is 12.1 Å². The maximum absolute atomic E-state index is 11.1. The first-order valence-electron chi connectivity index (χ1n) is 6.58. The number of rotatable bonds is 5. The molecular weight excluding hydrogens is 383 g/mol. The standard InChI is InChI=1S/C15H23IO3Si/c1-15(2,3)20(5,6)19-10-12-7-11(9-17)14(18-4)8-13(12)16/h7-9H,10H2,1-6H3. The fourth-order valence-electron chi connectivity index (χ4n) is 1.47. The molecule has 1 aromatic rings. The second-order valence-electron chi connectivity index (χ2n) is 6.35. The van der Waals surface area contributed by atoms with Crippen LogP contribution in [0.5, 0.6) is 5.75 Å². The summed E-state index contributed by atoms with van der Waals surface area (Å²) in [5.41, 5.74) is 1.61. The topological polar surface area (TPSA) is 35.5 Å². The minimum absolute atomic E-state index is 0.179. The van der Waals surface area contributed by atoms with Crippen LogP contribution in [0.15, 0.2) is 12.1 Å². The van der Waals surface area contributed by atoms with Gasteiger partial charge in [0.15, 0.2) is 14.6 Å².